The Labute approximate surface area is 124 Å². The van der Waals surface area contributed by atoms with E-state index in [-0.39, 0.29) is 5.91 Å². The Morgan fingerprint density at radius 1 is 1.37 bits per heavy atom. The first kappa shape index (κ1) is 16.2. The first-order chi connectivity index (χ1) is 8.95. The first-order valence-corrected chi connectivity index (χ1v) is 6.79. The summed E-state index contributed by atoms with van der Waals surface area (Å²) in [4.78, 5) is 13.8. The molecular weight excluding hydrogens is 285 g/mol. The number of aryl methyl sites for hydroxylation is 1. The number of hydrogen-bond donors (Lipinski definition) is 2. The molecule has 6 heteroatoms. The molecule has 0 radical (unpaired) electrons. The highest BCUT2D eigenvalue weighted by atomic mass is 35.5. The zero-order chi connectivity index (χ0) is 14.4. The van der Waals surface area contributed by atoms with Crippen molar-refractivity contribution in [1.82, 2.24) is 10.2 Å². The summed E-state index contributed by atoms with van der Waals surface area (Å²) in [6, 6.07) is 3.54. The number of nitrogens with one attached hydrogen (secondary N) is 2. The number of nitrogens with zero attached hydrogens (tertiary/aromatic N) is 1. The van der Waals surface area contributed by atoms with Crippen molar-refractivity contribution in [3.05, 3.63) is 27.7 Å². The molecule has 0 fully saturated rings. The third-order valence-electron chi connectivity index (χ3n) is 2.71. The van der Waals surface area contributed by atoms with Crippen molar-refractivity contribution < 1.29 is 4.79 Å². The summed E-state index contributed by atoms with van der Waals surface area (Å²) in [5.74, 6) is -0.131. The van der Waals surface area contributed by atoms with E-state index >= 15 is 0 Å². The molecular formula is C13H19Cl2N3O. The Hall–Kier alpha value is -0.810. The summed E-state index contributed by atoms with van der Waals surface area (Å²) in [5, 5.41) is 6.72. The molecule has 2 N–H and O–H groups in total. The van der Waals surface area contributed by atoms with Crippen molar-refractivity contribution in [2.45, 2.75) is 6.92 Å². The lowest BCUT2D eigenvalue weighted by atomic mass is 10.2. The Morgan fingerprint density at radius 2 is 2.05 bits per heavy atom. The highest BCUT2D eigenvalue weighted by Crippen LogP contribution is 2.32. The van der Waals surface area contributed by atoms with Crippen LogP contribution in [0.25, 0.3) is 0 Å². The average molecular weight is 304 g/mol. The zero-order valence-electron chi connectivity index (χ0n) is 11.4. The minimum atomic E-state index is -0.131. The average Bonchev–Trinajstić information content (AvgIpc) is 2.36. The number of anilines is 1. The van der Waals surface area contributed by atoms with Crippen LogP contribution in [0.2, 0.25) is 10.0 Å². The topological polar surface area (TPSA) is 44.4 Å². The Morgan fingerprint density at radius 3 is 2.68 bits per heavy atom. The second-order valence-corrected chi connectivity index (χ2v) is 5.23. The molecule has 1 amide bonds. The number of likely N-dealkylation sites (N-methyl/N-ethyl adjacent to an activating group) is 2. The van der Waals surface area contributed by atoms with Crippen LogP contribution < -0.4 is 10.6 Å². The van der Waals surface area contributed by atoms with Gasteiger partial charge in [-0.05, 0) is 32.6 Å². The minimum Gasteiger partial charge on any atom is -0.322 e. The third kappa shape index (κ3) is 4.99. The molecule has 0 aliphatic rings. The lowest BCUT2D eigenvalue weighted by Gasteiger charge is -2.17. The van der Waals surface area contributed by atoms with Crippen LogP contribution in [0.4, 0.5) is 5.69 Å². The number of halogens is 2. The quantitative estimate of drug-likeness (QED) is 0.848. The van der Waals surface area contributed by atoms with Gasteiger partial charge in [-0.25, -0.2) is 0 Å². The van der Waals surface area contributed by atoms with Crippen molar-refractivity contribution in [3.8, 4) is 0 Å². The van der Waals surface area contributed by atoms with Crippen molar-refractivity contribution in [1.29, 1.82) is 0 Å². The summed E-state index contributed by atoms with van der Waals surface area (Å²) in [6.45, 7) is 3.78. The van der Waals surface area contributed by atoms with E-state index in [0.717, 1.165) is 18.7 Å². The van der Waals surface area contributed by atoms with Gasteiger partial charge in [-0.3, -0.25) is 9.69 Å². The number of carbonyl (C=O) groups excluding carboxylic acids is 1. The largest absolute Gasteiger partial charge is 0.322 e. The molecule has 1 rings (SSSR count). The predicted octanol–water partition coefficient (Wildman–Crippen LogP) is 2.39. The number of amides is 1. The predicted molar refractivity (Wildman–Crippen MR) is 81.3 cm³/mol. The van der Waals surface area contributed by atoms with Gasteiger partial charge in [0.2, 0.25) is 5.91 Å². The normalized spacial score (nSPS) is 10.8. The van der Waals surface area contributed by atoms with Gasteiger partial charge in [0, 0.05) is 13.1 Å². The van der Waals surface area contributed by atoms with Gasteiger partial charge in [0.25, 0.3) is 0 Å². The molecule has 0 unspecified atom stereocenters. The molecule has 0 atom stereocenters. The van der Waals surface area contributed by atoms with Gasteiger partial charge in [0.15, 0.2) is 0 Å². The van der Waals surface area contributed by atoms with Crippen LogP contribution in [0.1, 0.15) is 5.56 Å². The van der Waals surface area contributed by atoms with Gasteiger partial charge in [0.05, 0.1) is 22.3 Å². The molecule has 1 aromatic rings. The minimum absolute atomic E-state index is 0.131. The SMILES string of the molecule is CNCCN(C)CC(=O)Nc1c(Cl)ccc(C)c1Cl. The van der Waals surface area contributed by atoms with E-state index in [1.165, 1.54) is 0 Å². The van der Waals surface area contributed by atoms with Crippen LogP contribution in [0, 0.1) is 6.92 Å². The van der Waals surface area contributed by atoms with Gasteiger partial charge in [-0.2, -0.15) is 0 Å². The summed E-state index contributed by atoms with van der Waals surface area (Å²) in [7, 11) is 3.76. The molecule has 0 aliphatic heterocycles. The van der Waals surface area contributed by atoms with E-state index in [9.17, 15) is 4.79 Å². The van der Waals surface area contributed by atoms with Gasteiger partial charge in [-0.15, -0.1) is 0 Å². The summed E-state index contributed by atoms with van der Waals surface area (Å²) in [6.07, 6.45) is 0. The third-order valence-corrected chi connectivity index (χ3v) is 3.51. The second kappa shape index (κ2) is 7.70. The molecule has 0 bridgehead atoms. The first-order valence-electron chi connectivity index (χ1n) is 6.03. The monoisotopic (exact) mass is 303 g/mol. The molecule has 0 saturated carbocycles. The van der Waals surface area contributed by atoms with Crippen molar-refractivity contribution in [3.63, 3.8) is 0 Å². The van der Waals surface area contributed by atoms with E-state index in [1.807, 2.05) is 32.0 Å². The van der Waals surface area contributed by atoms with Gasteiger partial charge in [0.1, 0.15) is 0 Å². The molecule has 0 spiro atoms. The van der Waals surface area contributed by atoms with Crippen LogP contribution in [0.3, 0.4) is 0 Å². The maximum atomic E-state index is 11.9. The number of rotatable bonds is 6. The molecule has 4 nitrogen and oxygen atoms in total. The number of benzene rings is 1. The van der Waals surface area contributed by atoms with Crippen LogP contribution in [-0.4, -0.2) is 44.5 Å². The van der Waals surface area contributed by atoms with Crippen LogP contribution in [0.15, 0.2) is 12.1 Å². The Bertz CT molecular complexity index is 452. The van der Waals surface area contributed by atoms with E-state index in [2.05, 4.69) is 10.6 Å². The highest BCUT2D eigenvalue weighted by molar-refractivity contribution is 6.40. The lowest BCUT2D eigenvalue weighted by molar-refractivity contribution is -0.117. The summed E-state index contributed by atoms with van der Waals surface area (Å²) < 4.78 is 0. The summed E-state index contributed by atoms with van der Waals surface area (Å²) in [5.41, 5.74) is 1.36. The molecule has 19 heavy (non-hydrogen) atoms. The Balaban J connectivity index is 2.65. The van der Waals surface area contributed by atoms with Gasteiger partial charge < -0.3 is 10.6 Å². The fourth-order valence-corrected chi connectivity index (χ4v) is 2.04. The number of carbonyl (C=O) groups is 1. The highest BCUT2D eigenvalue weighted by Gasteiger charge is 2.13. The van der Waals surface area contributed by atoms with Crippen molar-refractivity contribution in [2.24, 2.45) is 0 Å². The molecule has 1 aromatic carbocycles. The maximum Gasteiger partial charge on any atom is 0.238 e. The van der Waals surface area contributed by atoms with E-state index < -0.39 is 0 Å². The van der Waals surface area contributed by atoms with Crippen LogP contribution >= 0.6 is 23.2 Å². The standard InChI is InChI=1S/C13H19Cl2N3O/c1-9-4-5-10(14)13(12(9)15)17-11(19)8-18(3)7-6-16-2/h4-5,16H,6-8H2,1-3H3,(H,17,19). The summed E-state index contributed by atoms with van der Waals surface area (Å²) >= 11 is 12.2. The molecule has 0 aliphatic carbocycles. The fraction of sp³-hybridized carbons (Fsp3) is 0.462. The smallest absolute Gasteiger partial charge is 0.238 e. The van der Waals surface area contributed by atoms with Gasteiger partial charge in [-0.1, -0.05) is 29.3 Å². The zero-order valence-corrected chi connectivity index (χ0v) is 12.9. The lowest BCUT2D eigenvalue weighted by Crippen LogP contribution is -2.34. The molecule has 0 saturated heterocycles. The fourth-order valence-electron chi connectivity index (χ4n) is 1.58. The Kier molecular flexibility index (Phi) is 6.58. The second-order valence-electron chi connectivity index (χ2n) is 4.44. The maximum absolute atomic E-state index is 11.9. The molecule has 0 heterocycles. The van der Waals surface area contributed by atoms with E-state index in [1.54, 1.807) is 6.07 Å². The molecule has 106 valence electrons. The van der Waals surface area contributed by atoms with E-state index in [0.29, 0.717) is 22.3 Å². The number of hydrogen-bond acceptors (Lipinski definition) is 3. The van der Waals surface area contributed by atoms with Crippen LogP contribution in [0.5, 0.6) is 0 Å². The molecule has 0 aromatic heterocycles. The van der Waals surface area contributed by atoms with Gasteiger partial charge >= 0.3 is 0 Å². The van der Waals surface area contributed by atoms with Crippen molar-refractivity contribution in [2.75, 3.05) is 39.0 Å². The van der Waals surface area contributed by atoms with E-state index in [4.69, 9.17) is 23.2 Å². The van der Waals surface area contributed by atoms with Crippen molar-refractivity contribution >= 4 is 34.8 Å². The van der Waals surface area contributed by atoms with Crippen LogP contribution in [-0.2, 0) is 4.79 Å².